The summed E-state index contributed by atoms with van der Waals surface area (Å²) in [5.74, 6) is 0.597. The third-order valence-corrected chi connectivity index (χ3v) is 2.48. The highest BCUT2D eigenvalue weighted by molar-refractivity contribution is 6.58. The third-order valence-electron chi connectivity index (χ3n) is 2.48. The van der Waals surface area contributed by atoms with E-state index in [9.17, 15) is 0 Å². The number of aromatic nitrogens is 2. The van der Waals surface area contributed by atoms with E-state index in [1.54, 1.807) is 0 Å². The van der Waals surface area contributed by atoms with Gasteiger partial charge in [0.15, 0.2) is 0 Å². The minimum absolute atomic E-state index is 0.167. The quantitative estimate of drug-likeness (QED) is 0.587. The van der Waals surface area contributed by atoms with Crippen LogP contribution in [0.5, 0.6) is 0 Å². The molecular formula is C9H14BN3O3. The Hall–Kier alpha value is -1.18. The molecule has 1 aliphatic heterocycles. The number of morpholine rings is 1. The molecule has 6 nitrogen and oxygen atoms in total. The van der Waals surface area contributed by atoms with Gasteiger partial charge in [0, 0.05) is 30.9 Å². The average molecular weight is 223 g/mol. The first-order chi connectivity index (χ1) is 7.66. The summed E-state index contributed by atoms with van der Waals surface area (Å²) in [5, 5.41) is 17.8. The molecule has 0 saturated carbocycles. The first-order valence-electron chi connectivity index (χ1n) is 5.21. The molecule has 0 aliphatic carbocycles. The van der Waals surface area contributed by atoms with E-state index in [4.69, 9.17) is 14.8 Å². The Morgan fingerprint density at radius 2 is 2.12 bits per heavy atom. The molecule has 16 heavy (non-hydrogen) atoms. The molecule has 7 heteroatoms. The Kier molecular flexibility index (Phi) is 3.38. The zero-order valence-electron chi connectivity index (χ0n) is 9.08. The van der Waals surface area contributed by atoms with Crippen LogP contribution in [0, 0.1) is 0 Å². The summed E-state index contributed by atoms with van der Waals surface area (Å²) in [5.41, 5.74) is 0.296. The topological polar surface area (TPSA) is 78.7 Å². The maximum absolute atomic E-state index is 8.91. The summed E-state index contributed by atoms with van der Waals surface area (Å²) in [6.45, 7) is 4.17. The average Bonchev–Trinajstić information content (AvgIpc) is 2.29. The minimum atomic E-state index is -1.52. The van der Waals surface area contributed by atoms with Gasteiger partial charge in [0.25, 0.3) is 0 Å². The summed E-state index contributed by atoms with van der Waals surface area (Å²) in [6.07, 6.45) is 3.01. The van der Waals surface area contributed by atoms with Crippen molar-refractivity contribution >= 4 is 18.5 Å². The largest absolute Gasteiger partial charge is 0.491 e. The molecule has 1 atom stereocenters. The highest BCUT2D eigenvalue weighted by Crippen LogP contribution is 2.10. The lowest BCUT2D eigenvalue weighted by atomic mass is 9.83. The maximum Gasteiger partial charge on any atom is 0.491 e. The van der Waals surface area contributed by atoms with E-state index < -0.39 is 7.12 Å². The predicted octanol–water partition coefficient (Wildman–Crippen LogP) is -1.62. The second-order valence-electron chi connectivity index (χ2n) is 3.82. The molecule has 1 unspecified atom stereocenters. The summed E-state index contributed by atoms with van der Waals surface area (Å²) < 4.78 is 5.41. The van der Waals surface area contributed by atoms with Crippen LogP contribution in [-0.4, -0.2) is 52.9 Å². The number of ether oxygens (including phenoxy) is 1. The molecule has 0 radical (unpaired) electrons. The van der Waals surface area contributed by atoms with E-state index >= 15 is 0 Å². The smallest absolute Gasteiger partial charge is 0.423 e. The molecule has 1 aromatic heterocycles. The minimum Gasteiger partial charge on any atom is -0.423 e. The fourth-order valence-corrected chi connectivity index (χ4v) is 1.63. The number of hydrogen-bond acceptors (Lipinski definition) is 6. The van der Waals surface area contributed by atoms with Crippen LogP contribution in [0.15, 0.2) is 12.4 Å². The van der Waals surface area contributed by atoms with Crippen molar-refractivity contribution in [1.29, 1.82) is 0 Å². The SMILES string of the molecule is CC1CN(c2ncc(B(O)O)cn2)CCO1. The predicted molar refractivity (Wildman–Crippen MR) is 59.5 cm³/mol. The van der Waals surface area contributed by atoms with E-state index in [0.717, 1.165) is 13.1 Å². The second-order valence-corrected chi connectivity index (χ2v) is 3.82. The number of nitrogens with zero attached hydrogens (tertiary/aromatic N) is 3. The van der Waals surface area contributed by atoms with Gasteiger partial charge in [0.05, 0.1) is 12.7 Å². The summed E-state index contributed by atoms with van der Waals surface area (Å²) >= 11 is 0. The van der Waals surface area contributed by atoms with Gasteiger partial charge < -0.3 is 19.7 Å². The molecule has 1 aromatic rings. The summed E-state index contributed by atoms with van der Waals surface area (Å²) in [7, 11) is -1.52. The monoisotopic (exact) mass is 223 g/mol. The molecule has 2 rings (SSSR count). The summed E-state index contributed by atoms with van der Waals surface area (Å²) in [6, 6.07) is 0. The van der Waals surface area contributed by atoms with Gasteiger partial charge in [-0.15, -0.1) is 0 Å². The van der Waals surface area contributed by atoms with E-state index in [1.807, 2.05) is 11.8 Å². The van der Waals surface area contributed by atoms with Crippen LogP contribution in [0.4, 0.5) is 5.95 Å². The zero-order valence-corrected chi connectivity index (χ0v) is 9.08. The Morgan fingerprint density at radius 3 is 2.69 bits per heavy atom. The van der Waals surface area contributed by atoms with E-state index in [0.29, 0.717) is 18.0 Å². The molecule has 1 fully saturated rings. The lowest BCUT2D eigenvalue weighted by molar-refractivity contribution is 0.0526. The molecule has 0 spiro atoms. The van der Waals surface area contributed by atoms with Crippen LogP contribution in [0.1, 0.15) is 6.92 Å². The van der Waals surface area contributed by atoms with Gasteiger partial charge in [-0.3, -0.25) is 0 Å². The van der Waals surface area contributed by atoms with Crippen LogP contribution in [-0.2, 0) is 4.74 Å². The first kappa shape index (κ1) is 11.3. The second kappa shape index (κ2) is 4.77. The van der Waals surface area contributed by atoms with Crippen LogP contribution in [0.2, 0.25) is 0 Å². The Morgan fingerprint density at radius 1 is 1.44 bits per heavy atom. The zero-order chi connectivity index (χ0) is 11.5. The van der Waals surface area contributed by atoms with Crippen LogP contribution >= 0.6 is 0 Å². The standard InChI is InChI=1S/C9H14BN3O3/c1-7-6-13(2-3-16-7)9-11-4-8(5-12-9)10(14)15/h4-5,7,14-15H,2-3,6H2,1H3. The number of hydrogen-bond donors (Lipinski definition) is 2. The molecule has 0 amide bonds. The molecule has 0 bridgehead atoms. The maximum atomic E-state index is 8.91. The van der Waals surface area contributed by atoms with Gasteiger partial charge in [-0.05, 0) is 6.92 Å². The molecule has 86 valence electrons. The van der Waals surface area contributed by atoms with Crippen molar-refractivity contribution in [2.75, 3.05) is 24.6 Å². The third kappa shape index (κ3) is 2.49. The van der Waals surface area contributed by atoms with Crippen LogP contribution < -0.4 is 10.4 Å². The van der Waals surface area contributed by atoms with Crippen molar-refractivity contribution in [1.82, 2.24) is 9.97 Å². The lowest BCUT2D eigenvalue weighted by Crippen LogP contribution is -2.42. The van der Waals surface area contributed by atoms with Gasteiger partial charge in [-0.25, -0.2) is 9.97 Å². The van der Waals surface area contributed by atoms with Gasteiger partial charge >= 0.3 is 7.12 Å². The molecular weight excluding hydrogens is 209 g/mol. The van der Waals surface area contributed by atoms with Gasteiger partial charge in [0.2, 0.25) is 5.95 Å². The van der Waals surface area contributed by atoms with Crippen molar-refractivity contribution in [3.05, 3.63) is 12.4 Å². The molecule has 2 heterocycles. The van der Waals surface area contributed by atoms with Crippen LogP contribution in [0.3, 0.4) is 0 Å². The van der Waals surface area contributed by atoms with Crippen molar-refractivity contribution in [2.45, 2.75) is 13.0 Å². The van der Waals surface area contributed by atoms with Crippen molar-refractivity contribution < 1.29 is 14.8 Å². The lowest BCUT2D eigenvalue weighted by Gasteiger charge is -2.31. The van der Waals surface area contributed by atoms with Gasteiger partial charge in [-0.1, -0.05) is 0 Å². The molecule has 2 N–H and O–H groups in total. The number of rotatable bonds is 2. The van der Waals surface area contributed by atoms with E-state index in [2.05, 4.69) is 9.97 Å². The van der Waals surface area contributed by atoms with E-state index in [-0.39, 0.29) is 6.10 Å². The van der Waals surface area contributed by atoms with E-state index in [1.165, 1.54) is 12.4 Å². The fourth-order valence-electron chi connectivity index (χ4n) is 1.63. The Bertz CT molecular complexity index is 346. The molecule has 1 saturated heterocycles. The first-order valence-corrected chi connectivity index (χ1v) is 5.21. The van der Waals surface area contributed by atoms with Crippen molar-refractivity contribution in [2.24, 2.45) is 0 Å². The summed E-state index contributed by atoms with van der Waals surface area (Å²) in [4.78, 5) is 10.2. The Balaban J connectivity index is 2.09. The highest BCUT2D eigenvalue weighted by atomic mass is 16.5. The molecule has 0 aromatic carbocycles. The normalized spacial score (nSPS) is 20.9. The van der Waals surface area contributed by atoms with Crippen molar-refractivity contribution in [3.8, 4) is 0 Å². The van der Waals surface area contributed by atoms with Gasteiger partial charge in [-0.2, -0.15) is 0 Å². The molecule has 1 aliphatic rings. The fraction of sp³-hybridized carbons (Fsp3) is 0.556. The van der Waals surface area contributed by atoms with Crippen LogP contribution in [0.25, 0.3) is 0 Å². The Labute approximate surface area is 94.0 Å². The van der Waals surface area contributed by atoms with Crippen molar-refractivity contribution in [3.63, 3.8) is 0 Å². The van der Waals surface area contributed by atoms with Gasteiger partial charge in [0.1, 0.15) is 0 Å². The number of anilines is 1. The highest BCUT2D eigenvalue weighted by Gasteiger charge is 2.19.